The number of amides is 2. The monoisotopic (exact) mass is 342 g/mol. The van der Waals surface area contributed by atoms with Crippen molar-refractivity contribution >= 4 is 17.7 Å². The summed E-state index contributed by atoms with van der Waals surface area (Å²) in [6.45, 7) is 9.34. The second kappa shape index (κ2) is 8.08. The van der Waals surface area contributed by atoms with E-state index in [1.807, 2.05) is 13.8 Å². The maximum atomic E-state index is 13.7. The van der Waals surface area contributed by atoms with Crippen LogP contribution in [0.1, 0.15) is 34.6 Å². The lowest BCUT2D eigenvalue weighted by Gasteiger charge is -2.35. The number of rotatable bonds is 1. The minimum atomic E-state index is -0.806. The number of hydrogen-bond acceptors (Lipinski definition) is 3. The summed E-state index contributed by atoms with van der Waals surface area (Å²) in [5.41, 5.74) is -0.643. The van der Waals surface area contributed by atoms with Crippen molar-refractivity contribution in [3.63, 3.8) is 0 Å². The molecule has 1 aliphatic rings. The summed E-state index contributed by atoms with van der Waals surface area (Å²) in [5, 5.41) is 0. The molecule has 7 heteroatoms. The molecule has 0 unspecified atom stereocenters. The maximum absolute atomic E-state index is 13.7. The minimum absolute atomic E-state index is 0.00948. The predicted molar refractivity (Wildman–Crippen MR) is 87.9 cm³/mol. The van der Waals surface area contributed by atoms with Gasteiger partial charge in [-0.2, -0.15) is 0 Å². The first-order valence-electron chi connectivity index (χ1n) is 7.91. The molecule has 0 aromatic heterocycles. The van der Waals surface area contributed by atoms with Crippen molar-refractivity contribution in [1.29, 1.82) is 0 Å². The lowest BCUT2D eigenvalue weighted by atomic mass is 10.2. The molecule has 1 heterocycles. The van der Waals surface area contributed by atoms with Crippen molar-refractivity contribution in [2.75, 3.05) is 24.5 Å². The standard InChI is InChI=1S/C15H18F2N2O3.C2H6/c1-15(2,3)22-14(21)18-6-7-19(13(20)9-18)12-5-4-10(16)8-11(12)17;1-2/h4-5,8H,6-7,9H2,1-3H3;1-2H3. The van der Waals surface area contributed by atoms with Crippen LogP contribution >= 0.6 is 0 Å². The van der Waals surface area contributed by atoms with Gasteiger partial charge in [0.05, 0.1) is 5.69 Å². The Bertz CT molecular complexity index is 600. The topological polar surface area (TPSA) is 49.9 Å². The van der Waals surface area contributed by atoms with Crippen LogP contribution in [0.2, 0.25) is 0 Å². The highest BCUT2D eigenvalue weighted by atomic mass is 19.1. The van der Waals surface area contributed by atoms with Crippen molar-refractivity contribution in [2.24, 2.45) is 0 Å². The van der Waals surface area contributed by atoms with Gasteiger partial charge in [0.15, 0.2) is 0 Å². The Hall–Kier alpha value is -2.18. The third-order valence-electron chi connectivity index (χ3n) is 3.07. The molecule has 1 aliphatic heterocycles. The number of benzene rings is 1. The predicted octanol–water partition coefficient (Wildman–Crippen LogP) is 3.57. The fourth-order valence-corrected chi connectivity index (χ4v) is 2.11. The number of ether oxygens (including phenoxy) is 1. The number of anilines is 1. The lowest BCUT2D eigenvalue weighted by molar-refractivity contribution is -0.121. The van der Waals surface area contributed by atoms with Gasteiger partial charge in [0.2, 0.25) is 5.91 Å². The molecule has 2 amide bonds. The van der Waals surface area contributed by atoms with E-state index in [1.165, 1.54) is 15.9 Å². The smallest absolute Gasteiger partial charge is 0.410 e. The molecule has 1 saturated heterocycles. The van der Waals surface area contributed by atoms with E-state index in [-0.39, 0.29) is 25.3 Å². The lowest BCUT2D eigenvalue weighted by Crippen LogP contribution is -2.53. The van der Waals surface area contributed by atoms with Crippen LogP contribution < -0.4 is 4.90 Å². The molecule has 5 nitrogen and oxygen atoms in total. The van der Waals surface area contributed by atoms with Crippen molar-refractivity contribution in [2.45, 2.75) is 40.2 Å². The van der Waals surface area contributed by atoms with E-state index < -0.39 is 29.2 Å². The van der Waals surface area contributed by atoms with E-state index in [0.29, 0.717) is 0 Å². The summed E-state index contributed by atoms with van der Waals surface area (Å²) in [6.07, 6.45) is -0.583. The molecule has 1 aromatic carbocycles. The number of halogens is 2. The van der Waals surface area contributed by atoms with Gasteiger partial charge >= 0.3 is 6.09 Å². The quantitative estimate of drug-likeness (QED) is 0.784. The summed E-state index contributed by atoms with van der Waals surface area (Å²) < 4.78 is 31.9. The molecular formula is C17H24F2N2O3. The molecular weight excluding hydrogens is 318 g/mol. The number of piperazine rings is 1. The largest absolute Gasteiger partial charge is 0.444 e. The van der Waals surface area contributed by atoms with Gasteiger partial charge in [-0.15, -0.1) is 0 Å². The number of hydrogen-bond donors (Lipinski definition) is 0. The van der Waals surface area contributed by atoms with Crippen molar-refractivity contribution in [3.05, 3.63) is 29.8 Å². The summed E-state index contributed by atoms with van der Waals surface area (Å²) in [5.74, 6) is -1.96. The Morgan fingerprint density at radius 1 is 1.17 bits per heavy atom. The molecule has 1 fully saturated rings. The first kappa shape index (κ1) is 19.9. The molecule has 24 heavy (non-hydrogen) atoms. The van der Waals surface area contributed by atoms with Crippen molar-refractivity contribution in [1.82, 2.24) is 4.90 Å². The summed E-state index contributed by atoms with van der Waals surface area (Å²) >= 11 is 0. The fraction of sp³-hybridized carbons (Fsp3) is 0.529. The van der Waals surface area contributed by atoms with Crippen LogP contribution in [0.4, 0.5) is 19.3 Å². The first-order valence-corrected chi connectivity index (χ1v) is 7.91. The third kappa shape index (κ3) is 5.18. The average Bonchev–Trinajstić information content (AvgIpc) is 2.48. The summed E-state index contributed by atoms with van der Waals surface area (Å²) in [7, 11) is 0. The van der Waals surface area contributed by atoms with E-state index >= 15 is 0 Å². The molecule has 1 aromatic rings. The highest BCUT2D eigenvalue weighted by molar-refractivity contribution is 5.97. The van der Waals surface area contributed by atoms with Gasteiger partial charge in [-0.1, -0.05) is 13.8 Å². The fourth-order valence-electron chi connectivity index (χ4n) is 2.11. The highest BCUT2D eigenvalue weighted by Crippen LogP contribution is 2.22. The maximum Gasteiger partial charge on any atom is 0.410 e. The second-order valence-electron chi connectivity index (χ2n) is 6.04. The van der Waals surface area contributed by atoms with Gasteiger partial charge in [0.25, 0.3) is 0 Å². The number of nitrogens with zero attached hydrogens (tertiary/aromatic N) is 2. The van der Waals surface area contributed by atoms with Gasteiger partial charge in [-0.25, -0.2) is 13.6 Å². The summed E-state index contributed by atoms with van der Waals surface area (Å²) in [4.78, 5) is 26.5. The summed E-state index contributed by atoms with van der Waals surface area (Å²) in [6, 6.07) is 3.03. The van der Waals surface area contributed by atoms with Gasteiger partial charge in [-0.05, 0) is 32.9 Å². The third-order valence-corrected chi connectivity index (χ3v) is 3.07. The Labute approximate surface area is 141 Å². The van der Waals surface area contributed by atoms with Crippen LogP contribution in [-0.2, 0) is 9.53 Å². The van der Waals surface area contributed by atoms with Crippen LogP contribution in [0.5, 0.6) is 0 Å². The zero-order valence-electron chi connectivity index (χ0n) is 14.7. The zero-order chi connectivity index (χ0) is 18.5. The molecule has 0 saturated carbocycles. The molecule has 0 atom stereocenters. The molecule has 0 N–H and O–H groups in total. The average molecular weight is 342 g/mol. The molecule has 0 bridgehead atoms. The molecule has 0 aliphatic carbocycles. The molecule has 134 valence electrons. The first-order chi connectivity index (χ1) is 11.2. The van der Waals surface area contributed by atoms with E-state index in [1.54, 1.807) is 20.8 Å². The van der Waals surface area contributed by atoms with Crippen molar-refractivity contribution < 1.29 is 23.1 Å². The number of carbonyl (C=O) groups is 2. The molecule has 2 rings (SSSR count). The molecule has 0 radical (unpaired) electrons. The van der Waals surface area contributed by atoms with Crippen LogP contribution in [-0.4, -0.2) is 42.1 Å². The Kier molecular flexibility index (Phi) is 6.69. The van der Waals surface area contributed by atoms with Gasteiger partial charge in [0.1, 0.15) is 23.8 Å². The van der Waals surface area contributed by atoms with E-state index in [0.717, 1.165) is 12.1 Å². The van der Waals surface area contributed by atoms with Crippen molar-refractivity contribution in [3.8, 4) is 0 Å². The Morgan fingerprint density at radius 3 is 2.29 bits per heavy atom. The van der Waals surface area contributed by atoms with Gasteiger partial charge < -0.3 is 9.64 Å². The SMILES string of the molecule is CC.CC(C)(C)OC(=O)N1CCN(c2ccc(F)cc2F)C(=O)C1. The molecule has 0 spiro atoms. The van der Waals surface area contributed by atoms with Crippen LogP contribution in [0.15, 0.2) is 18.2 Å². The van der Waals surface area contributed by atoms with Crippen LogP contribution in [0.3, 0.4) is 0 Å². The normalized spacial score (nSPS) is 14.9. The zero-order valence-corrected chi connectivity index (χ0v) is 14.7. The van der Waals surface area contributed by atoms with E-state index in [4.69, 9.17) is 4.74 Å². The minimum Gasteiger partial charge on any atom is -0.444 e. The Morgan fingerprint density at radius 2 is 1.79 bits per heavy atom. The van der Waals surface area contributed by atoms with E-state index in [9.17, 15) is 18.4 Å². The van der Waals surface area contributed by atoms with Crippen LogP contribution in [0.25, 0.3) is 0 Å². The highest BCUT2D eigenvalue weighted by Gasteiger charge is 2.31. The second-order valence-corrected chi connectivity index (χ2v) is 6.04. The van der Waals surface area contributed by atoms with Gasteiger partial charge in [0, 0.05) is 19.2 Å². The van der Waals surface area contributed by atoms with Crippen LogP contribution in [0, 0.1) is 11.6 Å². The van der Waals surface area contributed by atoms with Gasteiger partial charge in [-0.3, -0.25) is 9.69 Å². The Balaban J connectivity index is 0.00000139. The van der Waals surface area contributed by atoms with E-state index in [2.05, 4.69) is 0 Å². The number of carbonyl (C=O) groups excluding carboxylic acids is 2.